The van der Waals surface area contributed by atoms with Gasteiger partial charge in [0.2, 0.25) is 5.91 Å². The van der Waals surface area contributed by atoms with Gasteiger partial charge in [-0.05, 0) is 54.3 Å². The van der Waals surface area contributed by atoms with E-state index < -0.39 is 24.0 Å². The van der Waals surface area contributed by atoms with E-state index in [1.807, 2.05) is 48.5 Å². The Morgan fingerprint density at radius 2 is 1.94 bits per heavy atom. The topological polar surface area (TPSA) is 122 Å². The van der Waals surface area contributed by atoms with Crippen molar-refractivity contribution in [2.75, 3.05) is 11.9 Å². The molecule has 2 atom stereocenters. The Bertz CT molecular complexity index is 1010. The minimum absolute atomic E-state index is 0.0527. The number of amides is 1. The number of nitrogens with one attached hydrogen (secondary N) is 3. The van der Waals surface area contributed by atoms with E-state index in [4.69, 9.17) is 16.3 Å². The molecule has 3 rings (SSSR count). The maximum atomic E-state index is 12.8. The quantitative estimate of drug-likeness (QED) is 0.435. The molecule has 10 heteroatoms. The average molecular weight is 443 g/mol. The average Bonchev–Trinajstić information content (AvgIpc) is 3.27. The second kappa shape index (κ2) is 10.6. The molecule has 0 saturated heterocycles. The molecular weight excluding hydrogens is 420 g/mol. The van der Waals surface area contributed by atoms with Gasteiger partial charge in [-0.1, -0.05) is 53.1 Å². The number of ether oxygens (including phenoxy) is 1. The van der Waals surface area contributed by atoms with Gasteiger partial charge >= 0.3 is 5.97 Å². The number of H-pyrrole nitrogens is 1. The second-order valence-corrected chi connectivity index (χ2v) is 7.27. The number of nitrogens with zero attached hydrogens (tertiary/aromatic N) is 3. The fourth-order valence-electron chi connectivity index (χ4n) is 3.01. The van der Waals surface area contributed by atoms with Gasteiger partial charge in [0, 0.05) is 5.02 Å². The summed E-state index contributed by atoms with van der Waals surface area (Å²) in [6.07, 6.45) is 0.337. The van der Waals surface area contributed by atoms with Gasteiger partial charge in [0.1, 0.15) is 6.04 Å². The molecule has 0 aliphatic heterocycles. The van der Waals surface area contributed by atoms with Crippen molar-refractivity contribution in [3.05, 3.63) is 59.1 Å². The molecule has 1 amide bonds. The number of hydrogen-bond acceptors (Lipinski definition) is 7. The zero-order valence-electron chi connectivity index (χ0n) is 17.1. The summed E-state index contributed by atoms with van der Waals surface area (Å²) in [7, 11) is 0. The first-order chi connectivity index (χ1) is 15.0. The number of aromatic amines is 1. The predicted molar refractivity (Wildman–Crippen MR) is 116 cm³/mol. The van der Waals surface area contributed by atoms with Crippen LogP contribution < -0.4 is 10.6 Å². The van der Waals surface area contributed by atoms with Crippen LogP contribution in [0.15, 0.2) is 48.5 Å². The van der Waals surface area contributed by atoms with Crippen LogP contribution in [0, 0.1) is 0 Å². The van der Waals surface area contributed by atoms with Crippen molar-refractivity contribution in [3.8, 4) is 11.1 Å². The number of tetrazole rings is 1. The van der Waals surface area contributed by atoms with Crippen molar-refractivity contribution in [1.29, 1.82) is 0 Å². The predicted octanol–water partition coefficient (Wildman–Crippen LogP) is 2.61. The standard InChI is InChI=1S/C21H23ClN6O3/c1-3-31-20(30)13(2)23-18(19(29)24-21-25-27-28-26-21)11-14-7-9-15(10-8-14)16-5-4-6-17(22)12-16/h4-10,12-13,18,23H,3,11H2,1-2H3,(H2,24,25,26,27,28,29)/t13?,18-/m1/s1. The summed E-state index contributed by atoms with van der Waals surface area (Å²) in [6, 6.07) is 14.0. The highest BCUT2D eigenvalue weighted by Crippen LogP contribution is 2.23. The van der Waals surface area contributed by atoms with Gasteiger partial charge in [0.15, 0.2) is 0 Å². The number of rotatable bonds is 9. The first kappa shape index (κ1) is 22.4. The molecule has 9 nitrogen and oxygen atoms in total. The SMILES string of the molecule is CCOC(=O)C(C)N[C@H](Cc1ccc(-c2cccc(Cl)c2)cc1)C(=O)Nc1nn[nH]n1. The van der Waals surface area contributed by atoms with Crippen molar-refractivity contribution < 1.29 is 14.3 Å². The van der Waals surface area contributed by atoms with E-state index in [9.17, 15) is 9.59 Å². The first-order valence-electron chi connectivity index (χ1n) is 9.78. The van der Waals surface area contributed by atoms with Crippen molar-refractivity contribution in [3.63, 3.8) is 0 Å². The third-order valence-corrected chi connectivity index (χ3v) is 4.77. The smallest absolute Gasteiger partial charge is 0.322 e. The Kier molecular flexibility index (Phi) is 7.69. The minimum Gasteiger partial charge on any atom is -0.465 e. The molecule has 0 fully saturated rings. The van der Waals surface area contributed by atoms with E-state index >= 15 is 0 Å². The Morgan fingerprint density at radius 1 is 1.16 bits per heavy atom. The summed E-state index contributed by atoms with van der Waals surface area (Å²) < 4.78 is 5.03. The first-order valence-corrected chi connectivity index (χ1v) is 10.2. The highest BCUT2D eigenvalue weighted by molar-refractivity contribution is 6.30. The van der Waals surface area contributed by atoms with Crippen molar-refractivity contribution in [2.24, 2.45) is 0 Å². The number of aromatic nitrogens is 4. The van der Waals surface area contributed by atoms with Gasteiger partial charge in [-0.15, -0.1) is 5.10 Å². The third-order valence-electron chi connectivity index (χ3n) is 4.54. The van der Waals surface area contributed by atoms with E-state index in [0.29, 0.717) is 11.4 Å². The number of benzene rings is 2. The molecule has 0 aliphatic carbocycles. The van der Waals surface area contributed by atoms with Crippen LogP contribution in [0.4, 0.5) is 5.95 Å². The molecule has 1 aromatic heterocycles. The molecule has 3 aromatic rings. The van der Waals surface area contributed by atoms with Gasteiger partial charge in [-0.25, -0.2) is 0 Å². The van der Waals surface area contributed by atoms with E-state index in [1.165, 1.54) is 0 Å². The van der Waals surface area contributed by atoms with E-state index in [-0.39, 0.29) is 12.6 Å². The van der Waals surface area contributed by atoms with Crippen LogP contribution in [0.5, 0.6) is 0 Å². The van der Waals surface area contributed by atoms with Gasteiger partial charge < -0.3 is 4.74 Å². The number of anilines is 1. The van der Waals surface area contributed by atoms with E-state index in [0.717, 1.165) is 16.7 Å². The number of carbonyl (C=O) groups is 2. The molecule has 0 spiro atoms. The molecule has 0 bridgehead atoms. The summed E-state index contributed by atoms with van der Waals surface area (Å²) in [6.45, 7) is 3.64. The summed E-state index contributed by atoms with van der Waals surface area (Å²) >= 11 is 6.08. The van der Waals surface area contributed by atoms with Crippen molar-refractivity contribution in [2.45, 2.75) is 32.4 Å². The number of carbonyl (C=O) groups excluding carboxylic acids is 2. The molecule has 2 aromatic carbocycles. The fraction of sp³-hybridized carbons (Fsp3) is 0.286. The molecule has 0 aliphatic rings. The lowest BCUT2D eigenvalue weighted by Gasteiger charge is -2.21. The van der Waals surface area contributed by atoms with Crippen LogP contribution in [-0.4, -0.2) is 51.2 Å². The monoisotopic (exact) mass is 442 g/mol. The number of esters is 1. The molecule has 1 heterocycles. The van der Waals surface area contributed by atoms with E-state index in [2.05, 4.69) is 31.3 Å². The Hall–Kier alpha value is -3.30. The largest absolute Gasteiger partial charge is 0.465 e. The molecule has 0 radical (unpaired) electrons. The molecule has 0 saturated carbocycles. The lowest BCUT2D eigenvalue weighted by Crippen LogP contribution is -2.49. The summed E-state index contributed by atoms with van der Waals surface area (Å²) in [5.74, 6) is -0.774. The molecule has 1 unspecified atom stereocenters. The van der Waals surface area contributed by atoms with Gasteiger partial charge in [0.25, 0.3) is 5.95 Å². The van der Waals surface area contributed by atoms with Crippen LogP contribution >= 0.6 is 11.6 Å². The zero-order valence-corrected chi connectivity index (χ0v) is 17.9. The highest BCUT2D eigenvalue weighted by atomic mass is 35.5. The molecular formula is C21H23ClN6O3. The second-order valence-electron chi connectivity index (χ2n) is 6.83. The molecule has 162 valence electrons. The lowest BCUT2D eigenvalue weighted by molar-refractivity contribution is -0.145. The Morgan fingerprint density at radius 3 is 2.58 bits per heavy atom. The van der Waals surface area contributed by atoms with Gasteiger partial charge in [-0.2, -0.15) is 5.21 Å². The van der Waals surface area contributed by atoms with Gasteiger partial charge in [-0.3, -0.25) is 20.2 Å². The molecule has 31 heavy (non-hydrogen) atoms. The normalized spacial score (nSPS) is 12.7. The zero-order chi connectivity index (χ0) is 22.2. The summed E-state index contributed by atoms with van der Waals surface area (Å²) in [4.78, 5) is 24.8. The molecule has 3 N–H and O–H groups in total. The maximum absolute atomic E-state index is 12.8. The van der Waals surface area contributed by atoms with Crippen molar-refractivity contribution >= 4 is 29.4 Å². The maximum Gasteiger partial charge on any atom is 0.322 e. The summed E-state index contributed by atoms with van der Waals surface area (Å²) in [5, 5.41) is 19.4. The number of hydrogen-bond donors (Lipinski definition) is 3. The van der Waals surface area contributed by atoms with E-state index in [1.54, 1.807) is 13.8 Å². The van der Waals surface area contributed by atoms with Crippen LogP contribution in [0.1, 0.15) is 19.4 Å². The highest BCUT2D eigenvalue weighted by Gasteiger charge is 2.25. The van der Waals surface area contributed by atoms with Crippen LogP contribution in [0.3, 0.4) is 0 Å². The Balaban J connectivity index is 1.75. The Labute approximate surface area is 184 Å². The third kappa shape index (κ3) is 6.34. The van der Waals surface area contributed by atoms with Crippen LogP contribution in [-0.2, 0) is 20.7 Å². The van der Waals surface area contributed by atoms with Crippen LogP contribution in [0.25, 0.3) is 11.1 Å². The van der Waals surface area contributed by atoms with Crippen molar-refractivity contribution in [1.82, 2.24) is 25.9 Å². The van der Waals surface area contributed by atoms with Gasteiger partial charge in [0.05, 0.1) is 12.6 Å². The summed E-state index contributed by atoms with van der Waals surface area (Å²) in [5.41, 5.74) is 2.91. The van der Waals surface area contributed by atoms with Crippen LogP contribution in [0.2, 0.25) is 5.02 Å². The number of halogens is 1. The lowest BCUT2D eigenvalue weighted by atomic mass is 10.00. The fourth-order valence-corrected chi connectivity index (χ4v) is 3.20. The minimum atomic E-state index is -0.727.